The molecule has 0 aromatic heterocycles. The third-order valence-corrected chi connectivity index (χ3v) is 2.71. The van der Waals surface area contributed by atoms with Crippen LogP contribution in [0.15, 0.2) is 29.5 Å². The van der Waals surface area contributed by atoms with Gasteiger partial charge in [0.1, 0.15) is 23.7 Å². The van der Waals surface area contributed by atoms with Crippen LogP contribution in [-0.4, -0.2) is 18.3 Å². The fourth-order valence-electron chi connectivity index (χ4n) is 1.75. The van der Waals surface area contributed by atoms with E-state index in [2.05, 4.69) is 11.8 Å². The molecule has 0 unspecified atom stereocenters. The summed E-state index contributed by atoms with van der Waals surface area (Å²) in [6.45, 7) is 3.87. The molecule has 0 aliphatic carbocycles. The molecule has 0 amide bonds. The standard InChI is InChI=1S/C15H13ClO3/c1-10(2)15-14(17)13-11(18-9-4-3-8-16)6-5-7-12(13)19-15/h5-7H,8-9H2,1-2H3. The maximum absolute atomic E-state index is 12.2. The van der Waals surface area contributed by atoms with Gasteiger partial charge in [-0.2, -0.15) is 0 Å². The molecule has 0 bridgehead atoms. The number of alkyl halides is 1. The number of benzene rings is 1. The van der Waals surface area contributed by atoms with E-state index in [1.165, 1.54) is 0 Å². The molecule has 0 saturated heterocycles. The summed E-state index contributed by atoms with van der Waals surface area (Å²) in [5.74, 6) is 6.96. The van der Waals surface area contributed by atoms with Crippen molar-refractivity contribution in [1.29, 1.82) is 0 Å². The van der Waals surface area contributed by atoms with Gasteiger partial charge >= 0.3 is 0 Å². The molecule has 1 aromatic rings. The lowest BCUT2D eigenvalue weighted by atomic mass is 10.1. The quantitative estimate of drug-likeness (QED) is 0.473. The van der Waals surface area contributed by atoms with Gasteiger partial charge < -0.3 is 9.47 Å². The maximum Gasteiger partial charge on any atom is 0.235 e. The van der Waals surface area contributed by atoms with Gasteiger partial charge in [-0.3, -0.25) is 4.79 Å². The Morgan fingerprint density at radius 3 is 2.84 bits per heavy atom. The number of halogens is 1. The molecule has 1 aliphatic rings. The van der Waals surface area contributed by atoms with Crippen LogP contribution in [0.2, 0.25) is 0 Å². The summed E-state index contributed by atoms with van der Waals surface area (Å²) in [6, 6.07) is 5.27. The fraction of sp³-hybridized carbons (Fsp3) is 0.267. The Kier molecular flexibility index (Phi) is 4.13. The molecule has 1 heterocycles. The predicted molar refractivity (Wildman–Crippen MR) is 73.8 cm³/mol. The highest BCUT2D eigenvalue weighted by Gasteiger charge is 2.31. The van der Waals surface area contributed by atoms with Crippen molar-refractivity contribution in [3.63, 3.8) is 0 Å². The summed E-state index contributed by atoms with van der Waals surface area (Å²) < 4.78 is 11.0. The second-order valence-electron chi connectivity index (χ2n) is 4.17. The van der Waals surface area contributed by atoms with Gasteiger partial charge in [0.15, 0.2) is 5.76 Å². The van der Waals surface area contributed by atoms with Crippen molar-refractivity contribution in [2.45, 2.75) is 13.8 Å². The van der Waals surface area contributed by atoms with Crippen LogP contribution in [0, 0.1) is 11.8 Å². The second kappa shape index (κ2) is 5.81. The number of Topliss-reactive ketones (excluding diaryl/α,β-unsaturated/α-hetero) is 1. The maximum atomic E-state index is 12.2. The number of ether oxygens (including phenoxy) is 2. The number of hydrogen-bond donors (Lipinski definition) is 0. The van der Waals surface area contributed by atoms with Gasteiger partial charge in [-0.1, -0.05) is 17.9 Å². The molecular weight excluding hydrogens is 264 g/mol. The largest absolute Gasteiger partial charge is 0.480 e. The zero-order valence-electron chi connectivity index (χ0n) is 10.7. The molecule has 2 rings (SSSR count). The van der Waals surface area contributed by atoms with E-state index >= 15 is 0 Å². The van der Waals surface area contributed by atoms with E-state index in [0.29, 0.717) is 22.8 Å². The molecular formula is C15H13ClO3. The Balaban J connectivity index is 2.29. The van der Waals surface area contributed by atoms with Crippen molar-refractivity contribution in [2.75, 3.05) is 12.5 Å². The highest BCUT2D eigenvalue weighted by atomic mass is 35.5. The summed E-state index contributed by atoms with van der Waals surface area (Å²) in [7, 11) is 0. The molecule has 1 aromatic carbocycles. The van der Waals surface area contributed by atoms with E-state index in [-0.39, 0.29) is 18.3 Å². The summed E-state index contributed by atoms with van der Waals surface area (Å²) in [4.78, 5) is 12.2. The zero-order valence-corrected chi connectivity index (χ0v) is 11.5. The van der Waals surface area contributed by atoms with E-state index in [9.17, 15) is 4.79 Å². The van der Waals surface area contributed by atoms with Crippen molar-refractivity contribution in [3.05, 3.63) is 35.1 Å². The van der Waals surface area contributed by atoms with Crippen LogP contribution in [0.1, 0.15) is 24.2 Å². The molecule has 0 atom stereocenters. The Labute approximate surface area is 117 Å². The predicted octanol–water partition coefficient (Wildman–Crippen LogP) is 3.18. The molecule has 98 valence electrons. The number of allylic oxidation sites excluding steroid dienone is 2. The van der Waals surface area contributed by atoms with Crippen molar-refractivity contribution in [2.24, 2.45) is 0 Å². The average molecular weight is 277 g/mol. The smallest absolute Gasteiger partial charge is 0.235 e. The molecule has 4 heteroatoms. The van der Waals surface area contributed by atoms with Crippen LogP contribution < -0.4 is 9.47 Å². The van der Waals surface area contributed by atoms with Gasteiger partial charge in [-0.15, -0.1) is 11.6 Å². The van der Waals surface area contributed by atoms with Gasteiger partial charge in [0.2, 0.25) is 5.78 Å². The minimum atomic E-state index is -0.143. The number of hydrogen-bond acceptors (Lipinski definition) is 3. The van der Waals surface area contributed by atoms with Gasteiger partial charge in [0.25, 0.3) is 0 Å². The van der Waals surface area contributed by atoms with Crippen molar-refractivity contribution >= 4 is 17.4 Å². The number of carbonyl (C=O) groups is 1. The van der Waals surface area contributed by atoms with Crippen molar-refractivity contribution in [1.82, 2.24) is 0 Å². The van der Waals surface area contributed by atoms with Gasteiger partial charge in [0.05, 0.1) is 5.88 Å². The lowest BCUT2D eigenvalue weighted by Gasteiger charge is -2.04. The highest BCUT2D eigenvalue weighted by molar-refractivity contribution is 6.19. The molecule has 0 fully saturated rings. The number of rotatable bonds is 2. The molecule has 3 nitrogen and oxygen atoms in total. The minimum Gasteiger partial charge on any atom is -0.480 e. The van der Waals surface area contributed by atoms with Gasteiger partial charge in [-0.05, 0) is 31.6 Å². The molecule has 1 aliphatic heterocycles. The summed E-state index contributed by atoms with van der Waals surface area (Å²) >= 11 is 5.44. The van der Waals surface area contributed by atoms with Crippen LogP contribution in [0.25, 0.3) is 0 Å². The number of carbonyl (C=O) groups excluding carboxylic acids is 1. The Morgan fingerprint density at radius 2 is 2.16 bits per heavy atom. The molecule has 0 N–H and O–H groups in total. The molecule has 0 spiro atoms. The first-order valence-corrected chi connectivity index (χ1v) is 6.36. The van der Waals surface area contributed by atoms with Gasteiger partial charge in [0, 0.05) is 0 Å². The van der Waals surface area contributed by atoms with Crippen LogP contribution in [0.3, 0.4) is 0 Å². The van der Waals surface area contributed by atoms with Crippen LogP contribution >= 0.6 is 11.6 Å². The third-order valence-electron chi connectivity index (χ3n) is 2.58. The molecule has 0 radical (unpaired) electrons. The lowest BCUT2D eigenvalue weighted by Crippen LogP contribution is -2.03. The van der Waals surface area contributed by atoms with Crippen LogP contribution in [0.5, 0.6) is 11.5 Å². The monoisotopic (exact) mass is 276 g/mol. The molecule has 0 saturated carbocycles. The first-order valence-electron chi connectivity index (χ1n) is 5.82. The van der Waals surface area contributed by atoms with Crippen molar-refractivity contribution in [3.8, 4) is 23.3 Å². The average Bonchev–Trinajstić information content (AvgIpc) is 2.73. The van der Waals surface area contributed by atoms with E-state index < -0.39 is 0 Å². The highest BCUT2D eigenvalue weighted by Crippen LogP contribution is 2.38. The van der Waals surface area contributed by atoms with Crippen LogP contribution in [0.4, 0.5) is 0 Å². The van der Waals surface area contributed by atoms with E-state index in [4.69, 9.17) is 21.1 Å². The van der Waals surface area contributed by atoms with Crippen LogP contribution in [-0.2, 0) is 0 Å². The third kappa shape index (κ3) is 2.74. The Hall–Kier alpha value is -1.92. The topological polar surface area (TPSA) is 35.5 Å². The first-order chi connectivity index (χ1) is 9.15. The fourth-order valence-corrected chi connectivity index (χ4v) is 1.85. The summed E-state index contributed by atoms with van der Waals surface area (Å²) in [6.07, 6.45) is 0. The zero-order chi connectivity index (χ0) is 13.8. The number of fused-ring (bicyclic) bond motifs is 1. The first kappa shape index (κ1) is 13.5. The second-order valence-corrected chi connectivity index (χ2v) is 4.43. The lowest BCUT2D eigenvalue weighted by molar-refractivity contribution is 0.101. The minimum absolute atomic E-state index is 0.143. The summed E-state index contributed by atoms with van der Waals surface area (Å²) in [5, 5.41) is 0. The van der Waals surface area contributed by atoms with E-state index in [0.717, 1.165) is 5.57 Å². The van der Waals surface area contributed by atoms with E-state index in [1.807, 2.05) is 13.8 Å². The summed E-state index contributed by atoms with van der Waals surface area (Å²) in [5.41, 5.74) is 1.31. The number of ketones is 1. The van der Waals surface area contributed by atoms with Crippen molar-refractivity contribution < 1.29 is 14.3 Å². The van der Waals surface area contributed by atoms with Gasteiger partial charge in [-0.25, -0.2) is 0 Å². The Bertz CT molecular complexity index is 602. The SMILES string of the molecule is CC(C)=C1Oc2cccc(OCC#CCCl)c2C1=O. The Morgan fingerprint density at radius 1 is 1.37 bits per heavy atom. The molecule has 19 heavy (non-hydrogen) atoms. The normalized spacial score (nSPS) is 12.4. The van der Waals surface area contributed by atoms with E-state index in [1.54, 1.807) is 18.2 Å².